The maximum Gasteiger partial charge on any atom is 0.164 e. The van der Waals surface area contributed by atoms with Crippen LogP contribution in [-0.2, 0) is 9.53 Å². The third-order valence-electron chi connectivity index (χ3n) is 3.13. The first-order valence-electron chi connectivity index (χ1n) is 6.78. The van der Waals surface area contributed by atoms with Crippen molar-refractivity contribution in [3.8, 4) is 0 Å². The first-order valence-corrected chi connectivity index (χ1v) is 6.78. The standard InChI is InChI=1S/C14H28O2/c1-5-8-9-10-11-12-14(4,16-7-3)13(15)6-2/h5-12H2,1-4H3. The minimum absolute atomic E-state index is 0.241. The van der Waals surface area contributed by atoms with Gasteiger partial charge in [0.15, 0.2) is 5.78 Å². The largest absolute Gasteiger partial charge is 0.368 e. The van der Waals surface area contributed by atoms with Crippen LogP contribution < -0.4 is 0 Å². The van der Waals surface area contributed by atoms with Crippen LogP contribution in [0.3, 0.4) is 0 Å². The third-order valence-corrected chi connectivity index (χ3v) is 3.13. The van der Waals surface area contributed by atoms with Crippen LogP contribution in [0.4, 0.5) is 0 Å². The van der Waals surface area contributed by atoms with Gasteiger partial charge < -0.3 is 4.74 Å². The van der Waals surface area contributed by atoms with Crippen molar-refractivity contribution in [3.05, 3.63) is 0 Å². The Morgan fingerprint density at radius 1 is 1.06 bits per heavy atom. The summed E-state index contributed by atoms with van der Waals surface area (Å²) in [5.74, 6) is 0.241. The van der Waals surface area contributed by atoms with E-state index in [0.717, 1.165) is 12.8 Å². The molecule has 96 valence electrons. The van der Waals surface area contributed by atoms with E-state index in [1.807, 2.05) is 20.8 Å². The fraction of sp³-hybridized carbons (Fsp3) is 0.929. The van der Waals surface area contributed by atoms with E-state index >= 15 is 0 Å². The molecule has 0 aromatic carbocycles. The highest BCUT2D eigenvalue weighted by atomic mass is 16.5. The average molecular weight is 228 g/mol. The van der Waals surface area contributed by atoms with Gasteiger partial charge in [-0.25, -0.2) is 0 Å². The number of Topliss-reactive ketones (excluding diaryl/α,β-unsaturated/α-hetero) is 1. The molecule has 0 rings (SSSR count). The summed E-state index contributed by atoms with van der Waals surface area (Å²) in [6.45, 7) is 8.65. The van der Waals surface area contributed by atoms with Crippen molar-refractivity contribution in [2.24, 2.45) is 0 Å². The minimum atomic E-state index is -0.532. The molecular weight excluding hydrogens is 200 g/mol. The van der Waals surface area contributed by atoms with E-state index < -0.39 is 5.60 Å². The van der Waals surface area contributed by atoms with Crippen molar-refractivity contribution in [2.45, 2.75) is 78.2 Å². The van der Waals surface area contributed by atoms with E-state index in [-0.39, 0.29) is 5.78 Å². The zero-order chi connectivity index (χ0) is 12.4. The van der Waals surface area contributed by atoms with Gasteiger partial charge in [0, 0.05) is 13.0 Å². The number of ketones is 1. The Morgan fingerprint density at radius 3 is 2.19 bits per heavy atom. The highest BCUT2D eigenvalue weighted by molar-refractivity contribution is 5.86. The van der Waals surface area contributed by atoms with E-state index in [1.165, 1.54) is 25.7 Å². The minimum Gasteiger partial charge on any atom is -0.368 e. The van der Waals surface area contributed by atoms with Crippen molar-refractivity contribution >= 4 is 5.78 Å². The van der Waals surface area contributed by atoms with Crippen LogP contribution in [0.1, 0.15) is 72.6 Å². The fourth-order valence-electron chi connectivity index (χ4n) is 2.05. The molecule has 0 radical (unpaired) electrons. The molecule has 1 unspecified atom stereocenters. The first-order chi connectivity index (χ1) is 7.60. The Morgan fingerprint density at radius 2 is 1.69 bits per heavy atom. The van der Waals surface area contributed by atoms with Crippen molar-refractivity contribution in [3.63, 3.8) is 0 Å². The Balaban J connectivity index is 3.97. The molecule has 16 heavy (non-hydrogen) atoms. The number of unbranched alkanes of at least 4 members (excludes halogenated alkanes) is 4. The smallest absolute Gasteiger partial charge is 0.164 e. The van der Waals surface area contributed by atoms with Gasteiger partial charge in [0.2, 0.25) is 0 Å². The summed E-state index contributed by atoms with van der Waals surface area (Å²) in [6.07, 6.45) is 7.60. The van der Waals surface area contributed by atoms with Crippen LogP contribution in [0, 0.1) is 0 Å². The van der Waals surface area contributed by atoms with E-state index in [1.54, 1.807) is 0 Å². The second kappa shape index (κ2) is 8.74. The molecule has 0 fully saturated rings. The molecule has 0 aromatic rings. The molecular formula is C14H28O2. The van der Waals surface area contributed by atoms with E-state index in [0.29, 0.717) is 13.0 Å². The summed E-state index contributed by atoms with van der Waals surface area (Å²) >= 11 is 0. The lowest BCUT2D eigenvalue weighted by molar-refractivity contribution is -0.142. The number of ether oxygens (including phenoxy) is 1. The summed E-state index contributed by atoms with van der Waals surface area (Å²) in [4.78, 5) is 11.8. The van der Waals surface area contributed by atoms with Crippen molar-refractivity contribution < 1.29 is 9.53 Å². The number of carbonyl (C=O) groups is 1. The molecule has 0 aromatic heterocycles. The van der Waals surface area contributed by atoms with Gasteiger partial charge in [-0.2, -0.15) is 0 Å². The fourth-order valence-corrected chi connectivity index (χ4v) is 2.05. The molecule has 0 aliphatic heterocycles. The zero-order valence-electron chi connectivity index (χ0n) is 11.5. The molecule has 0 aliphatic carbocycles. The maximum atomic E-state index is 11.8. The van der Waals surface area contributed by atoms with E-state index in [9.17, 15) is 4.79 Å². The molecule has 0 bridgehead atoms. The van der Waals surface area contributed by atoms with Crippen LogP contribution in [0.25, 0.3) is 0 Å². The van der Waals surface area contributed by atoms with Crippen LogP contribution in [0.5, 0.6) is 0 Å². The second-order valence-corrected chi connectivity index (χ2v) is 4.60. The molecule has 2 nitrogen and oxygen atoms in total. The quantitative estimate of drug-likeness (QED) is 0.526. The Bertz CT molecular complexity index is 189. The predicted molar refractivity (Wildman–Crippen MR) is 68.7 cm³/mol. The highest BCUT2D eigenvalue weighted by Crippen LogP contribution is 2.22. The van der Waals surface area contributed by atoms with E-state index in [2.05, 4.69) is 6.92 Å². The zero-order valence-corrected chi connectivity index (χ0v) is 11.5. The van der Waals surface area contributed by atoms with Crippen LogP contribution >= 0.6 is 0 Å². The molecule has 0 aliphatic rings. The monoisotopic (exact) mass is 228 g/mol. The van der Waals surface area contributed by atoms with Gasteiger partial charge in [0.05, 0.1) is 0 Å². The Hall–Kier alpha value is -0.370. The van der Waals surface area contributed by atoms with Gasteiger partial charge >= 0.3 is 0 Å². The summed E-state index contributed by atoms with van der Waals surface area (Å²) in [7, 11) is 0. The normalized spacial score (nSPS) is 14.8. The number of hydrogen-bond acceptors (Lipinski definition) is 2. The summed E-state index contributed by atoms with van der Waals surface area (Å²) in [5, 5.41) is 0. The number of rotatable bonds is 10. The number of carbonyl (C=O) groups excluding carboxylic acids is 1. The highest BCUT2D eigenvalue weighted by Gasteiger charge is 2.31. The van der Waals surface area contributed by atoms with Crippen LogP contribution in [0.2, 0.25) is 0 Å². The van der Waals surface area contributed by atoms with Gasteiger partial charge in [-0.1, -0.05) is 46.0 Å². The second-order valence-electron chi connectivity index (χ2n) is 4.60. The average Bonchev–Trinajstić information content (AvgIpc) is 2.28. The third kappa shape index (κ3) is 5.64. The summed E-state index contributed by atoms with van der Waals surface area (Å²) in [6, 6.07) is 0. The molecule has 0 heterocycles. The summed E-state index contributed by atoms with van der Waals surface area (Å²) in [5.41, 5.74) is -0.532. The molecule has 0 amide bonds. The van der Waals surface area contributed by atoms with Crippen molar-refractivity contribution in [1.82, 2.24) is 0 Å². The van der Waals surface area contributed by atoms with Gasteiger partial charge in [-0.05, 0) is 20.3 Å². The lowest BCUT2D eigenvalue weighted by Gasteiger charge is -2.27. The van der Waals surface area contributed by atoms with Crippen molar-refractivity contribution in [1.29, 1.82) is 0 Å². The lowest BCUT2D eigenvalue weighted by atomic mass is 9.91. The van der Waals surface area contributed by atoms with Crippen molar-refractivity contribution in [2.75, 3.05) is 6.61 Å². The van der Waals surface area contributed by atoms with E-state index in [4.69, 9.17) is 4.74 Å². The van der Waals surface area contributed by atoms with Gasteiger partial charge in [-0.3, -0.25) is 4.79 Å². The molecule has 0 saturated carbocycles. The summed E-state index contributed by atoms with van der Waals surface area (Å²) < 4.78 is 5.64. The van der Waals surface area contributed by atoms with Gasteiger partial charge in [-0.15, -0.1) is 0 Å². The topological polar surface area (TPSA) is 26.3 Å². The lowest BCUT2D eigenvalue weighted by Crippen LogP contribution is -2.38. The molecule has 1 atom stereocenters. The molecule has 0 spiro atoms. The first kappa shape index (κ1) is 15.6. The Kier molecular flexibility index (Phi) is 8.54. The Labute approximate surface area is 101 Å². The van der Waals surface area contributed by atoms with Crippen LogP contribution in [-0.4, -0.2) is 18.0 Å². The molecule has 0 saturated heterocycles. The number of hydrogen-bond donors (Lipinski definition) is 0. The molecule has 0 N–H and O–H groups in total. The molecule has 2 heteroatoms. The van der Waals surface area contributed by atoms with Crippen LogP contribution in [0.15, 0.2) is 0 Å². The van der Waals surface area contributed by atoms with Gasteiger partial charge in [0.25, 0.3) is 0 Å². The predicted octanol–water partition coefficient (Wildman–Crippen LogP) is 4.12. The van der Waals surface area contributed by atoms with Gasteiger partial charge in [0.1, 0.15) is 5.60 Å². The maximum absolute atomic E-state index is 11.8. The SMILES string of the molecule is CCCCCCCC(C)(OCC)C(=O)CC.